The molecule has 0 heterocycles. The van der Waals surface area contributed by atoms with Gasteiger partial charge in [0, 0.05) is 18.3 Å². The van der Waals surface area contributed by atoms with Gasteiger partial charge >= 0.3 is 12.1 Å². The third-order valence-corrected chi connectivity index (χ3v) is 7.39. The Kier molecular flexibility index (Phi) is 8.78. The zero-order valence-electron chi connectivity index (χ0n) is 21.5. The number of aliphatic hydroxyl groups excluding tert-OH is 1. The average Bonchev–Trinajstić information content (AvgIpc) is 3.30. The van der Waals surface area contributed by atoms with Crippen molar-refractivity contribution in [3.8, 4) is 0 Å². The molecule has 8 nitrogen and oxygen atoms in total. The summed E-state index contributed by atoms with van der Waals surface area (Å²) in [6, 6.07) is -0.788. The molecule has 1 unspecified atom stereocenters. The number of hydrogen-bond acceptors (Lipinski definition) is 7. The van der Waals surface area contributed by atoms with Crippen molar-refractivity contribution in [1.82, 2.24) is 5.32 Å². The van der Waals surface area contributed by atoms with Crippen LogP contribution in [0.3, 0.4) is 0 Å². The minimum absolute atomic E-state index is 0.00612. The topological polar surface area (TPSA) is 119 Å². The van der Waals surface area contributed by atoms with Gasteiger partial charge in [-0.2, -0.15) is 0 Å². The maximum absolute atomic E-state index is 13.6. The van der Waals surface area contributed by atoms with Crippen molar-refractivity contribution in [1.29, 1.82) is 0 Å². The van der Waals surface area contributed by atoms with Gasteiger partial charge in [0.05, 0.1) is 24.2 Å². The standard InChI is InChI=1S/C27H41NO7/c1-5-34-24(32)27-15-17(27)11-9-7-6-8-10-12-21(28-25(33)35-26(2,3)4)23(31)20-14-18(29)13-19(20)22(30)16-27/h9,11,17-21,29H,5-8,10,12-16H2,1-4H3,(H,28,33)/b11-9-/t17-,18+,19-,20?,21+,27-/m1/s1. The van der Waals surface area contributed by atoms with Gasteiger partial charge < -0.3 is 19.9 Å². The molecule has 0 radical (unpaired) electrons. The van der Waals surface area contributed by atoms with Crippen LogP contribution in [0, 0.1) is 23.2 Å². The van der Waals surface area contributed by atoms with E-state index in [1.165, 1.54) is 0 Å². The van der Waals surface area contributed by atoms with E-state index in [0.717, 1.165) is 25.7 Å². The van der Waals surface area contributed by atoms with E-state index in [9.17, 15) is 24.3 Å². The first kappa shape index (κ1) is 27.4. The van der Waals surface area contributed by atoms with Gasteiger partial charge in [-0.05, 0) is 72.1 Å². The molecule has 0 spiro atoms. The number of rotatable bonds is 3. The molecule has 2 N–H and O–H groups in total. The lowest BCUT2D eigenvalue weighted by molar-refractivity contribution is -0.152. The van der Waals surface area contributed by atoms with E-state index >= 15 is 0 Å². The first-order chi connectivity index (χ1) is 16.5. The van der Waals surface area contributed by atoms with Gasteiger partial charge in [0.15, 0.2) is 5.78 Å². The van der Waals surface area contributed by atoms with Crippen molar-refractivity contribution < 1.29 is 33.8 Å². The van der Waals surface area contributed by atoms with Crippen LogP contribution < -0.4 is 5.32 Å². The third kappa shape index (κ3) is 6.93. The number of Topliss-reactive ketones (excluding diaryl/α,β-unsaturated/α-hetero) is 2. The fourth-order valence-corrected chi connectivity index (χ4v) is 5.54. The Bertz CT molecular complexity index is 845. The SMILES string of the molecule is CCOC(=O)[C@]12CC(=O)[C@@H]3C[C@H](O)CC3C(=O)[C@@H](NC(=O)OC(C)(C)C)CCCCC/C=C\[C@@H]1C2. The second-order valence-electron chi connectivity index (χ2n) is 11.3. The van der Waals surface area contributed by atoms with E-state index in [2.05, 4.69) is 11.4 Å². The molecular weight excluding hydrogens is 450 g/mol. The molecule has 3 aliphatic rings. The van der Waals surface area contributed by atoms with Crippen LogP contribution >= 0.6 is 0 Å². The number of nitrogens with one attached hydrogen (secondary N) is 1. The minimum atomic E-state index is -0.876. The van der Waals surface area contributed by atoms with Gasteiger partial charge in [-0.3, -0.25) is 14.4 Å². The van der Waals surface area contributed by atoms with Crippen molar-refractivity contribution in [2.75, 3.05) is 6.61 Å². The quantitative estimate of drug-likeness (QED) is 0.454. The predicted octanol–water partition coefficient (Wildman–Crippen LogP) is 3.88. The van der Waals surface area contributed by atoms with Gasteiger partial charge in [0.1, 0.15) is 11.4 Å². The second-order valence-corrected chi connectivity index (χ2v) is 11.3. The lowest BCUT2D eigenvalue weighted by Crippen LogP contribution is -2.47. The summed E-state index contributed by atoms with van der Waals surface area (Å²) in [5.74, 6) is -2.21. The first-order valence-electron chi connectivity index (χ1n) is 13.0. The predicted molar refractivity (Wildman–Crippen MR) is 129 cm³/mol. The zero-order valence-corrected chi connectivity index (χ0v) is 21.5. The van der Waals surface area contributed by atoms with Crippen molar-refractivity contribution in [2.45, 2.75) is 103 Å². The number of hydrogen-bond donors (Lipinski definition) is 2. The summed E-state index contributed by atoms with van der Waals surface area (Å²) in [6.45, 7) is 7.25. The molecule has 6 atom stereocenters. The molecule has 196 valence electrons. The van der Waals surface area contributed by atoms with Gasteiger partial charge in [-0.1, -0.05) is 25.0 Å². The Morgan fingerprint density at radius 1 is 1.14 bits per heavy atom. The molecule has 1 amide bonds. The number of ether oxygens (including phenoxy) is 2. The van der Waals surface area contributed by atoms with E-state index in [4.69, 9.17) is 9.47 Å². The van der Waals surface area contributed by atoms with Gasteiger partial charge in [0.2, 0.25) is 0 Å². The summed E-state index contributed by atoms with van der Waals surface area (Å²) in [4.78, 5) is 52.4. The molecule has 8 heteroatoms. The van der Waals surface area contributed by atoms with E-state index in [-0.39, 0.29) is 49.3 Å². The number of carbonyl (C=O) groups excluding carboxylic acids is 4. The Morgan fingerprint density at radius 3 is 2.54 bits per heavy atom. The van der Waals surface area contributed by atoms with Crippen molar-refractivity contribution >= 4 is 23.6 Å². The molecule has 2 fully saturated rings. The second kappa shape index (κ2) is 11.2. The summed E-state index contributed by atoms with van der Waals surface area (Å²) in [6.07, 6.45) is 7.44. The van der Waals surface area contributed by atoms with Crippen LogP contribution in [0.15, 0.2) is 12.2 Å². The van der Waals surface area contributed by atoms with Crippen LogP contribution in [-0.2, 0) is 23.9 Å². The molecule has 0 aliphatic heterocycles. The van der Waals surface area contributed by atoms with Crippen LogP contribution in [0.4, 0.5) is 4.79 Å². The number of aliphatic hydroxyl groups is 1. The van der Waals surface area contributed by atoms with Gasteiger partial charge in [-0.25, -0.2) is 4.79 Å². The fraction of sp³-hybridized carbons (Fsp3) is 0.778. The third-order valence-electron chi connectivity index (χ3n) is 7.39. The highest BCUT2D eigenvalue weighted by atomic mass is 16.6. The Hall–Kier alpha value is -2.22. The normalized spacial score (nSPS) is 35.1. The first-order valence-corrected chi connectivity index (χ1v) is 13.0. The van der Waals surface area contributed by atoms with E-state index in [0.29, 0.717) is 12.8 Å². The number of amides is 1. The van der Waals surface area contributed by atoms with Crippen molar-refractivity contribution in [3.05, 3.63) is 12.2 Å². The van der Waals surface area contributed by atoms with Crippen molar-refractivity contribution in [3.63, 3.8) is 0 Å². The molecule has 0 aromatic carbocycles. The largest absolute Gasteiger partial charge is 0.466 e. The number of allylic oxidation sites excluding steroid dienone is 2. The maximum Gasteiger partial charge on any atom is 0.408 e. The minimum Gasteiger partial charge on any atom is -0.466 e. The summed E-state index contributed by atoms with van der Waals surface area (Å²) in [5.41, 5.74) is -1.58. The highest BCUT2D eigenvalue weighted by Gasteiger charge is 2.61. The zero-order chi connectivity index (χ0) is 25.8. The molecule has 3 aliphatic carbocycles. The molecule has 0 aromatic rings. The highest BCUT2D eigenvalue weighted by Crippen LogP contribution is 2.58. The van der Waals surface area contributed by atoms with Crippen LogP contribution in [0.25, 0.3) is 0 Å². The van der Waals surface area contributed by atoms with E-state index < -0.39 is 41.1 Å². The molecule has 2 saturated carbocycles. The van der Waals surface area contributed by atoms with Gasteiger partial charge in [-0.15, -0.1) is 0 Å². The van der Waals surface area contributed by atoms with E-state index in [1.54, 1.807) is 27.7 Å². The Morgan fingerprint density at radius 2 is 1.86 bits per heavy atom. The summed E-state index contributed by atoms with van der Waals surface area (Å²) in [7, 11) is 0. The number of carbonyl (C=O) groups is 4. The lowest BCUT2D eigenvalue weighted by atomic mass is 9.81. The Labute approximate surface area is 208 Å². The summed E-state index contributed by atoms with van der Waals surface area (Å²) >= 11 is 0. The Balaban J connectivity index is 1.84. The fourth-order valence-electron chi connectivity index (χ4n) is 5.54. The number of esters is 1. The van der Waals surface area contributed by atoms with Crippen molar-refractivity contribution in [2.24, 2.45) is 23.2 Å². The number of alkyl carbamates (subject to hydrolysis) is 1. The molecule has 0 saturated heterocycles. The van der Waals surface area contributed by atoms with Crippen LogP contribution in [0.1, 0.15) is 85.5 Å². The highest BCUT2D eigenvalue weighted by molar-refractivity contribution is 5.97. The van der Waals surface area contributed by atoms with Crippen LogP contribution in [0.5, 0.6) is 0 Å². The smallest absolute Gasteiger partial charge is 0.408 e. The van der Waals surface area contributed by atoms with Crippen LogP contribution in [0.2, 0.25) is 0 Å². The average molecular weight is 492 g/mol. The number of fused-ring (bicyclic) bond motifs is 2. The molecule has 3 rings (SSSR count). The lowest BCUT2D eigenvalue weighted by Gasteiger charge is -2.26. The van der Waals surface area contributed by atoms with Gasteiger partial charge in [0.25, 0.3) is 0 Å². The summed E-state index contributed by atoms with van der Waals surface area (Å²) < 4.78 is 10.7. The maximum atomic E-state index is 13.6. The monoisotopic (exact) mass is 491 g/mol. The van der Waals surface area contributed by atoms with Crippen LogP contribution in [-0.4, -0.2) is 53.1 Å². The number of ketones is 2. The molecule has 35 heavy (non-hydrogen) atoms. The molecular formula is C27H41NO7. The summed E-state index contributed by atoms with van der Waals surface area (Å²) in [5, 5.41) is 13.1. The molecule has 0 bridgehead atoms. The molecule has 0 aromatic heterocycles. The van der Waals surface area contributed by atoms with E-state index in [1.807, 2.05) is 6.08 Å².